The molecule has 0 spiro atoms. The van der Waals surface area contributed by atoms with E-state index in [1.807, 2.05) is 0 Å². The van der Waals surface area contributed by atoms with Crippen LogP contribution in [0.4, 0.5) is 0 Å². The molecule has 2 aliphatic heterocycles. The van der Waals surface area contributed by atoms with Crippen LogP contribution in [0.5, 0.6) is 0 Å². The van der Waals surface area contributed by atoms with E-state index in [-0.39, 0.29) is 5.60 Å². The lowest BCUT2D eigenvalue weighted by Crippen LogP contribution is -2.54. The molecule has 2 N–H and O–H groups in total. The van der Waals surface area contributed by atoms with Gasteiger partial charge in [0.1, 0.15) is 0 Å². The van der Waals surface area contributed by atoms with E-state index in [2.05, 4.69) is 25.7 Å². The van der Waals surface area contributed by atoms with Crippen molar-refractivity contribution in [3.63, 3.8) is 0 Å². The van der Waals surface area contributed by atoms with Gasteiger partial charge in [-0.2, -0.15) is 0 Å². The fraction of sp³-hybridized carbons (Fsp3) is 1.00. The van der Waals surface area contributed by atoms with Gasteiger partial charge >= 0.3 is 0 Å². The first-order valence-corrected chi connectivity index (χ1v) is 6.60. The number of likely N-dealkylation sites (tertiary alicyclic amines) is 1. The van der Waals surface area contributed by atoms with E-state index < -0.39 is 0 Å². The van der Waals surface area contributed by atoms with Crippen molar-refractivity contribution in [2.45, 2.75) is 57.7 Å². The Morgan fingerprint density at radius 3 is 2.69 bits per heavy atom. The van der Waals surface area contributed by atoms with E-state index in [9.17, 15) is 0 Å². The summed E-state index contributed by atoms with van der Waals surface area (Å²) in [5.41, 5.74) is 6.17. The van der Waals surface area contributed by atoms with Crippen molar-refractivity contribution >= 4 is 0 Å². The Balaban J connectivity index is 1.96. The number of ether oxygens (including phenoxy) is 1. The van der Waals surface area contributed by atoms with E-state index in [0.29, 0.717) is 12.1 Å². The van der Waals surface area contributed by atoms with Gasteiger partial charge in [0.25, 0.3) is 0 Å². The summed E-state index contributed by atoms with van der Waals surface area (Å²) in [7, 11) is 0. The van der Waals surface area contributed by atoms with E-state index in [4.69, 9.17) is 10.5 Å². The topological polar surface area (TPSA) is 38.5 Å². The first kappa shape index (κ1) is 12.3. The van der Waals surface area contributed by atoms with Gasteiger partial charge in [-0.25, -0.2) is 0 Å². The predicted molar refractivity (Wildman–Crippen MR) is 66.4 cm³/mol. The molecule has 0 aromatic carbocycles. The van der Waals surface area contributed by atoms with E-state index >= 15 is 0 Å². The largest absolute Gasteiger partial charge is 0.375 e. The highest BCUT2D eigenvalue weighted by molar-refractivity contribution is 4.89. The molecule has 0 aliphatic carbocycles. The average Bonchev–Trinajstić information content (AvgIpc) is 2.14. The molecular formula is C13H26N2O. The van der Waals surface area contributed by atoms with E-state index in [1.54, 1.807) is 0 Å². The lowest BCUT2D eigenvalue weighted by atomic mass is 9.89. The van der Waals surface area contributed by atoms with Crippen LogP contribution in [0, 0.1) is 5.92 Å². The normalized spacial score (nSPS) is 40.9. The molecule has 16 heavy (non-hydrogen) atoms. The Kier molecular flexibility index (Phi) is 3.57. The molecule has 2 aliphatic rings. The van der Waals surface area contributed by atoms with E-state index in [0.717, 1.165) is 25.5 Å². The van der Waals surface area contributed by atoms with Crippen molar-refractivity contribution in [1.82, 2.24) is 4.90 Å². The van der Waals surface area contributed by atoms with Crippen LogP contribution in [0.1, 0.15) is 40.0 Å². The molecule has 2 fully saturated rings. The third-order valence-electron chi connectivity index (χ3n) is 3.91. The molecular weight excluding hydrogens is 200 g/mol. The van der Waals surface area contributed by atoms with Gasteiger partial charge in [-0.15, -0.1) is 0 Å². The van der Waals surface area contributed by atoms with Crippen LogP contribution in [0.3, 0.4) is 0 Å². The summed E-state index contributed by atoms with van der Waals surface area (Å²) in [6.07, 6.45) is 3.50. The summed E-state index contributed by atoms with van der Waals surface area (Å²) in [5, 5.41) is 0. The highest BCUT2D eigenvalue weighted by atomic mass is 16.5. The molecule has 0 radical (unpaired) electrons. The van der Waals surface area contributed by atoms with Crippen molar-refractivity contribution in [2.75, 3.05) is 19.7 Å². The average molecular weight is 226 g/mol. The third kappa shape index (κ3) is 2.96. The maximum atomic E-state index is 6.12. The van der Waals surface area contributed by atoms with Crippen molar-refractivity contribution in [1.29, 1.82) is 0 Å². The van der Waals surface area contributed by atoms with Gasteiger partial charge in [0, 0.05) is 31.8 Å². The summed E-state index contributed by atoms with van der Waals surface area (Å²) in [6.45, 7) is 9.91. The van der Waals surface area contributed by atoms with Gasteiger partial charge in [0.05, 0.1) is 5.60 Å². The summed E-state index contributed by atoms with van der Waals surface area (Å²) >= 11 is 0. The van der Waals surface area contributed by atoms with Crippen LogP contribution in [0.15, 0.2) is 0 Å². The molecule has 2 heterocycles. The van der Waals surface area contributed by atoms with Crippen LogP contribution >= 0.6 is 0 Å². The second-order valence-electron chi connectivity index (χ2n) is 6.31. The minimum atomic E-state index is 0.0493. The first-order chi connectivity index (χ1) is 7.46. The number of piperidine rings is 1. The Morgan fingerprint density at radius 2 is 2.06 bits per heavy atom. The molecule has 0 bridgehead atoms. The predicted octanol–water partition coefficient (Wildman–Crippen LogP) is 1.61. The molecule has 0 saturated carbocycles. The molecule has 0 amide bonds. The molecule has 2 saturated heterocycles. The second kappa shape index (κ2) is 4.63. The minimum absolute atomic E-state index is 0.0493. The van der Waals surface area contributed by atoms with Crippen LogP contribution in [0.25, 0.3) is 0 Å². The summed E-state index contributed by atoms with van der Waals surface area (Å²) < 4.78 is 5.78. The Hall–Kier alpha value is -0.120. The molecule has 3 nitrogen and oxygen atoms in total. The van der Waals surface area contributed by atoms with Crippen molar-refractivity contribution < 1.29 is 4.74 Å². The number of rotatable bonds is 1. The van der Waals surface area contributed by atoms with Gasteiger partial charge in [-0.05, 0) is 39.0 Å². The zero-order valence-corrected chi connectivity index (χ0v) is 10.9. The van der Waals surface area contributed by atoms with Gasteiger partial charge < -0.3 is 10.5 Å². The zero-order chi connectivity index (χ0) is 11.8. The highest BCUT2D eigenvalue weighted by Crippen LogP contribution is 2.29. The van der Waals surface area contributed by atoms with Crippen molar-refractivity contribution in [3.05, 3.63) is 0 Å². The van der Waals surface area contributed by atoms with Gasteiger partial charge in [0.15, 0.2) is 0 Å². The Bertz CT molecular complexity index is 232. The molecule has 3 unspecified atom stereocenters. The fourth-order valence-electron chi connectivity index (χ4n) is 3.25. The first-order valence-electron chi connectivity index (χ1n) is 6.60. The van der Waals surface area contributed by atoms with Crippen LogP contribution in [-0.2, 0) is 4.74 Å². The maximum Gasteiger partial charge on any atom is 0.0641 e. The summed E-state index contributed by atoms with van der Waals surface area (Å²) in [4.78, 5) is 2.60. The number of hydrogen-bond donors (Lipinski definition) is 1. The maximum absolute atomic E-state index is 6.12. The molecule has 3 heteroatoms. The smallest absolute Gasteiger partial charge is 0.0641 e. The minimum Gasteiger partial charge on any atom is -0.375 e. The lowest BCUT2D eigenvalue weighted by molar-refractivity contribution is -0.0884. The fourth-order valence-corrected chi connectivity index (χ4v) is 3.25. The third-order valence-corrected chi connectivity index (χ3v) is 3.91. The monoisotopic (exact) mass is 226 g/mol. The quantitative estimate of drug-likeness (QED) is 0.738. The van der Waals surface area contributed by atoms with E-state index in [1.165, 1.54) is 19.4 Å². The van der Waals surface area contributed by atoms with Gasteiger partial charge in [0.2, 0.25) is 0 Å². The molecule has 3 atom stereocenters. The van der Waals surface area contributed by atoms with Crippen LogP contribution in [0.2, 0.25) is 0 Å². The number of hydrogen-bond acceptors (Lipinski definition) is 3. The van der Waals surface area contributed by atoms with Gasteiger partial charge in [-0.3, -0.25) is 4.90 Å². The van der Waals surface area contributed by atoms with Gasteiger partial charge in [-0.1, -0.05) is 6.92 Å². The van der Waals surface area contributed by atoms with Crippen LogP contribution in [-0.4, -0.2) is 42.3 Å². The molecule has 2 rings (SSSR count). The summed E-state index contributed by atoms with van der Waals surface area (Å²) in [5.74, 6) is 0.745. The Labute approximate surface area is 99.3 Å². The van der Waals surface area contributed by atoms with Crippen LogP contribution < -0.4 is 5.73 Å². The zero-order valence-electron chi connectivity index (χ0n) is 10.9. The van der Waals surface area contributed by atoms with Crippen molar-refractivity contribution in [2.24, 2.45) is 11.7 Å². The highest BCUT2D eigenvalue weighted by Gasteiger charge is 2.34. The van der Waals surface area contributed by atoms with Crippen molar-refractivity contribution in [3.8, 4) is 0 Å². The standard InChI is InChI=1S/C13H26N2O/c1-10-6-11(14)9-15(8-10)12-4-5-16-13(2,3)7-12/h10-12H,4-9,14H2,1-3H3. The number of nitrogens with zero attached hydrogens (tertiary/aromatic N) is 1. The Morgan fingerprint density at radius 1 is 1.31 bits per heavy atom. The molecule has 0 aromatic rings. The molecule has 0 aromatic heterocycles. The summed E-state index contributed by atoms with van der Waals surface area (Å²) in [6, 6.07) is 1.05. The SMILES string of the molecule is CC1CC(N)CN(C2CCOC(C)(C)C2)C1. The lowest BCUT2D eigenvalue weighted by Gasteiger charge is -2.45. The second-order valence-corrected chi connectivity index (χ2v) is 6.31. The molecule has 94 valence electrons. The number of nitrogens with two attached hydrogens (primary N) is 1.